The zero-order valence-corrected chi connectivity index (χ0v) is 12.1. The third-order valence-corrected chi connectivity index (χ3v) is 5.91. The summed E-state index contributed by atoms with van der Waals surface area (Å²) >= 11 is 0. The number of aliphatic hydroxyl groups is 1. The Morgan fingerprint density at radius 1 is 1.33 bits per heavy atom. The fourth-order valence-corrected chi connectivity index (χ4v) is 2.44. The van der Waals surface area contributed by atoms with Gasteiger partial charge in [0.2, 0.25) is 5.91 Å². The molecule has 1 fully saturated rings. The third kappa shape index (κ3) is 3.45. The van der Waals surface area contributed by atoms with Gasteiger partial charge < -0.3 is 10.4 Å². The van der Waals surface area contributed by atoms with Crippen molar-refractivity contribution in [1.29, 1.82) is 0 Å². The molecule has 1 amide bonds. The van der Waals surface area contributed by atoms with Crippen molar-refractivity contribution < 1.29 is 18.3 Å². The second-order valence-electron chi connectivity index (χ2n) is 5.60. The summed E-state index contributed by atoms with van der Waals surface area (Å²) in [4.78, 5) is 11.9. The predicted octanol–water partition coefficient (Wildman–Crippen LogP) is 0.477. The van der Waals surface area contributed by atoms with Crippen molar-refractivity contribution in [2.24, 2.45) is 5.92 Å². The van der Waals surface area contributed by atoms with Crippen LogP contribution in [0.3, 0.4) is 0 Å². The number of aliphatic hydroxyl groups excluding tert-OH is 1. The summed E-state index contributed by atoms with van der Waals surface area (Å²) in [5.74, 6) is -0.458. The standard InChI is InChI=1S/C12H23NO4S/c1-12(2,18(3,16)17)11(15)13-8-9-6-4-5-7-10(9)14/h9-10,14H,4-8H2,1-3H3,(H,13,15). The van der Waals surface area contributed by atoms with E-state index in [0.717, 1.165) is 31.9 Å². The molecule has 0 radical (unpaired) electrons. The molecule has 2 unspecified atom stereocenters. The van der Waals surface area contributed by atoms with Crippen molar-refractivity contribution in [1.82, 2.24) is 5.32 Å². The highest BCUT2D eigenvalue weighted by Gasteiger charge is 2.38. The molecule has 106 valence electrons. The quantitative estimate of drug-likeness (QED) is 0.783. The molecule has 0 spiro atoms. The summed E-state index contributed by atoms with van der Waals surface area (Å²) in [6.45, 7) is 3.14. The van der Waals surface area contributed by atoms with Gasteiger partial charge in [-0.3, -0.25) is 4.79 Å². The minimum atomic E-state index is -3.44. The fraction of sp³-hybridized carbons (Fsp3) is 0.917. The van der Waals surface area contributed by atoms with Crippen LogP contribution >= 0.6 is 0 Å². The average molecular weight is 277 g/mol. The van der Waals surface area contributed by atoms with E-state index in [4.69, 9.17) is 0 Å². The van der Waals surface area contributed by atoms with E-state index in [9.17, 15) is 18.3 Å². The molecule has 0 heterocycles. The molecule has 1 aliphatic rings. The maximum Gasteiger partial charge on any atom is 0.240 e. The van der Waals surface area contributed by atoms with E-state index in [-0.39, 0.29) is 12.0 Å². The topological polar surface area (TPSA) is 83.5 Å². The van der Waals surface area contributed by atoms with E-state index in [2.05, 4.69) is 5.32 Å². The zero-order chi connectivity index (χ0) is 14.0. The number of amides is 1. The first-order chi connectivity index (χ1) is 8.16. The summed E-state index contributed by atoms with van der Waals surface area (Å²) in [5, 5.41) is 12.4. The normalized spacial score (nSPS) is 25.8. The number of rotatable bonds is 4. The maximum atomic E-state index is 11.9. The number of sulfone groups is 1. The van der Waals surface area contributed by atoms with Gasteiger partial charge >= 0.3 is 0 Å². The molecule has 0 aliphatic heterocycles. The van der Waals surface area contributed by atoms with Gasteiger partial charge in [-0.1, -0.05) is 12.8 Å². The minimum Gasteiger partial charge on any atom is -0.393 e. The fourth-order valence-electron chi connectivity index (χ4n) is 2.03. The van der Waals surface area contributed by atoms with Crippen molar-refractivity contribution in [3.63, 3.8) is 0 Å². The number of hydrogen-bond donors (Lipinski definition) is 2. The van der Waals surface area contributed by atoms with Gasteiger partial charge in [-0.15, -0.1) is 0 Å². The lowest BCUT2D eigenvalue weighted by Gasteiger charge is -2.29. The van der Waals surface area contributed by atoms with Crippen LogP contribution in [0.1, 0.15) is 39.5 Å². The Morgan fingerprint density at radius 2 is 1.89 bits per heavy atom. The molecule has 0 aromatic rings. The van der Waals surface area contributed by atoms with Crippen LogP contribution in [0.15, 0.2) is 0 Å². The van der Waals surface area contributed by atoms with E-state index in [1.54, 1.807) is 0 Å². The zero-order valence-electron chi connectivity index (χ0n) is 11.3. The first-order valence-electron chi connectivity index (χ1n) is 6.32. The maximum absolute atomic E-state index is 11.9. The lowest BCUT2D eigenvalue weighted by Crippen LogP contribution is -2.49. The van der Waals surface area contributed by atoms with Gasteiger partial charge in [-0.05, 0) is 26.7 Å². The second kappa shape index (κ2) is 5.57. The van der Waals surface area contributed by atoms with Crippen LogP contribution in [0.25, 0.3) is 0 Å². The van der Waals surface area contributed by atoms with Gasteiger partial charge in [0.1, 0.15) is 4.75 Å². The SMILES string of the molecule is CC(C)(C(=O)NCC1CCCCC1O)S(C)(=O)=O. The van der Waals surface area contributed by atoms with E-state index in [1.165, 1.54) is 13.8 Å². The largest absolute Gasteiger partial charge is 0.393 e. The second-order valence-corrected chi connectivity index (χ2v) is 8.17. The van der Waals surface area contributed by atoms with Crippen LogP contribution in [0.2, 0.25) is 0 Å². The monoisotopic (exact) mass is 277 g/mol. The number of carbonyl (C=O) groups excluding carboxylic acids is 1. The molecular weight excluding hydrogens is 254 g/mol. The van der Waals surface area contributed by atoms with Gasteiger partial charge in [-0.25, -0.2) is 8.42 Å². The highest BCUT2D eigenvalue weighted by molar-refractivity contribution is 7.92. The molecule has 1 saturated carbocycles. The van der Waals surface area contributed by atoms with Crippen LogP contribution in [-0.2, 0) is 14.6 Å². The highest BCUT2D eigenvalue weighted by Crippen LogP contribution is 2.24. The van der Waals surface area contributed by atoms with Crippen LogP contribution < -0.4 is 5.32 Å². The van der Waals surface area contributed by atoms with Crippen molar-refractivity contribution in [2.75, 3.05) is 12.8 Å². The predicted molar refractivity (Wildman–Crippen MR) is 69.9 cm³/mol. The van der Waals surface area contributed by atoms with Crippen molar-refractivity contribution in [3.05, 3.63) is 0 Å². The molecule has 2 N–H and O–H groups in total. The molecular formula is C12H23NO4S. The Kier molecular flexibility index (Phi) is 4.78. The molecule has 0 bridgehead atoms. The van der Waals surface area contributed by atoms with E-state index in [0.29, 0.717) is 6.54 Å². The minimum absolute atomic E-state index is 0.0399. The molecule has 0 saturated heterocycles. The first kappa shape index (κ1) is 15.4. The molecule has 1 aliphatic carbocycles. The molecule has 18 heavy (non-hydrogen) atoms. The van der Waals surface area contributed by atoms with Crippen LogP contribution in [0, 0.1) is 5.92 Å². The van der Waals surface area contributed by atoms with Crippen molar-refractivity contribution >= 4 is 15.7 Å². The lowest BCUT2D eigenvalue weighted by molar-refractivity contribution is -0.123. The number of hydrogen-bond acceptors (Lipinski definition) is 4. The smallest absolute Gasteiger partial charge is 0.240 e. The molecule has 0 aromatic heterocycles. The van der Waals surface area contributed by atoms with E-state index < -0.39 is 20.5 Å². The summed E-state index contributed by atoms with van der Waals surface area (Å²) in [5.41, 5.74) is 0. The highest BCUT2D eigenvalue weighted by atomic mass is 32.2. The van der Waals surface area contributed by atoms with Gasteiger partial charge in [0.15, 0.2) is 9.84 Å². The Hall–Kier alpha value is -0.620. The Balaban J connectivity index is 2.56. The first-order valence-corrected chi connectivity index (χ1v) is 8.21. The number of nitrogens with one attached hydrogen (secondary N) is 1. The van der Waals surface area contributed by atoms with Crippen molar-refractivity contribution in [2.45, 2.75) is 50.4 Å². The molecule has 5 nitrogen and oxygen atoms in total. The van der Waals surface area contributed by atoms with Crippen LogP contribution in [0.5, 0.6) is 0 Å². The van der Waals surface area contributed by atoms with Crippen LogP contribution in [0.4, 0.5) is 0 Å². The lowest BCUT2D eigenvalue weighted by atomic mass is 9.86. The summed E-state index contributed by atoms with van der Waals surface area (Å²) in [6, 6.07) is 0. The average Bonchev–Trinajstić information content (AvgIpc) is 2.26. The van der Waals surface area contributed by atoms with Gasteiger partial charge in [-0.2, -0.15) is 0 Å². The van der Waals surface area contributed by atoms with Gasteiger partial charge in [0.05, 0.1) is 6.10 Å². The molecule has 1 rings (SSSR count). The van der Waals surface area contributed by atoms with E-state index >= 15 is 0 Å². The van der Waals surface area contributed by atoms with Gasteiger partial charge in [0, 0.05) is 18.7 Å². The Labute approximate surface area is 109 Å². The third-order valence-electron chi connectivity index (χ3n) is 3.87. The number of carbonyl (C=O) groups is 1. The van der Waals surface area contributed by atoms with Gasteiger partial charge in [0.25, 0.3) is 0 Å². The van der Waals surface area contributed by atoms with Crippen molar-refractivity contribution in [3.8, 4) is 0 Å². The summed E-state index contributed by atoms with van der Waals surface area (Å²) < 4.78 is 21.6. The van der Waals surface area contributed by atoms with Crippen LogP contribution in [-0.4, -0.2) is 43.1 Å². The van der Waals surface area contributed by atoms with E-state index in [1.807, 2.05) is 0 Å². The molecule has 0 aromatic carbocycles. The molecule has 2 atom stereocenters. The Bertz CT molecular complexity index is 402. The summed E-state index contributed by atoms with van der Waals surface area (Å²) in [6.07, 6.45) is 4.37. The molecule has 6 heteroatoms. The summed E-state index contributed by atoms with van der Waals surface area (Å²) in [7, 11) is -3.44. The Morgan fingerprint density at radius 3 is 2.39 bits per heavy atom.